The zero-order chi connectivity index (χ0) is 72.1. The zero-order valence-corrected chi connectivity index (χ0v) is 59.8. The maximum absolute atomic E-state index is 2.47. The molecule has 0 aliphatic rings. The minimum atomic E-state index is 1.15. The highest BCUT2D eigenvalue weighted by Crippen LogP contribution is 2.47. The van der Waals surface area contributed by atoms with Gasteiger partial charge in [-0.2, -0.15) is 0 Å². The van der Waals surface area contributed by atoms with Gasteiger partial charge in [0, 0.05) is 98.2 Å². The molecule has 0 atom stereocenters. The van der Waals surface area contributed by atoms with E-state index in [2.05, 4.69) is 428 Å². The Bertz CT molecular complexity index is 7860. The number of benzene rings is 18. The lowest BCUT2D eigenvalue weighted by Gasteiger charge is -2.12. The van der Waals surface area contributed by atoms with Gasteiger partial charge in [-0.15, -0.1) is 0 Å². The van der Waals surface area contributed by atoms with E-state index in [0.29, 0.717) is 0 Å². The molecule has 6 nitrogen and oxygen atoms in total. The predicted octanol–water partition coefficient (Wildman–Crippen LogP) is 27.6. The molecule has 0 saturated carbocycles. The van der Waals surface area contributed by atoms with Crippen molar-refractivity contribution in [2.45, 2.75) is 0 Å². The molecular formula is C104H66N6. The molecule has 24 rings (SSSR count). The molecule has 0 spiro atoms. The first-order chi connectivity index (χ1) is 54.6. The van der Waals surface area contributed by atoms with Crippen LogP contribution in [0.25, 0.3) is 209 Å². The van der Waals surface area contributed by atoms with Gasteiger partial charge in [0.2, 0.25) is 0 Å². The molecule has 0 unspecified atom stereocenters. The van der Waals surface area contributed by atoms with Crippen LogP contribution in [0, 0.1) is 0 Å². The van der Waals surface area contributed by atoms with Crippen molar-refractivity contribution in [3.8, 4) is 56.4 Å². The van der Waals surface area contributed by atoms with E-state index in [1.54, 1.807) is 0 Å². The number of fused-ring (bicyclic) bond motifs is 22. The summed E-state index contributed by atoms with van der Waals surface area (Å²) in [6.07, 6.45) is 0. The topological polar surface area (TPSA) is 29.6 Å². The molecular weight excluding hydrogens is 1330 g/mol. The Labute approximate surface area is 632 Å². The Hall–Kier alpha value is -14.7. The van der Waals surface area contributed by atoms with E-state index in [1.807, 2.05) is 0 Å². The molecule has 0 bridgehead atoms. The molecule has 0 aliphatic carbocycles. The first kappa shape index (κ1) is 61.6. The van der Waals surface area contributed by atoms with Crippen LogP contribution in [0.2, 0.25) is 0 Å². The first-order valence-corrected chi connectivity index (χ1v) is 37.9. The van der Waals surface area contributed by atoms with Crippen LogP contribution in [0.1, 0.15) is 0 Å². The highest BCUT2D eigenvalue weighted by Gasteiger charge is 2.26. The smallest absolute Gasteiger partial charge is 0.0788 e. The molecule has 512 valence electrons. The van der Waals surface area contributed by atoms with E-state index in [0.717, 1.165) is 22.7 Å². The van der Waals surface area contributed by atoms with Crippen LogP contribution < -0.4 is 0 Å². The van der Waals surface area contributed by atoms with E-state index in [-0.39, 0.29) is 0 Å². The van der Waals surface area contributed by atoms with Crippen molar-refractivity contribution >= 4 is 152 Å². The van der Waals surface area contributed by atoms with Crippen molar-refractivity contribution in [2.75, 3.05) is 0 Å². The number of aromatic nitrogens is 6. The Morgan fingerprint density at radius 1 is 0.136 bits per heavy atom. The van der Waals surface area contributed by atoms with E-state index in [4.69, 9.17) is 0 Å². The highest BCUT2D eigenvalue weighted by molar-refractivity contribution is 6.28. The molecule has 0 saturated heterocycles. The van der Waals surface area contributed by atoms with E-state index < -0.39 is 0 Å². The Balaban J connectivity index is 0.000000132. The van der Waals surface area contributed by atoms with E-state index in [1.165, 1.54) is 186 Å². The molecule has 0 aliphatic heterocycles. The average Bonchev–Trinajstić information content (AvgIpc) is 1.55. The third-order valence-electron chi connectivity index (χ3n) is 23.2. The molecule has 24 aromatic rings. The SMILES string of the molecule is c1ccc(-n2c3ccccc3c3c2ccc2c4cc(-c5ccc6c(c5)c5ccccc5n6-c5cccc6ccccc56)ccc4n(-c4ccccc4)c23)cc1.c1ccc(-n2c3ccccc3c3ccc4c5cc(-c6ccc7c(c6)c6ccccc6n7-c6cccc7ccccc67)ccc5n(-c5ccccc5)c4c32)cc1. The van der Waals surface area contributed by atoms with Gasteiger partial charge in [0.1, 0.15) is 0 Å². The van der Waals surface area contributed by atoms with Crippen LogP contribution in [0.4, 0.5) is 0 Å². The minimum Gasteiger partial charge on any atom is -0.309 e. The van der Waals surface area contributed by atoms with E-state index >= 15 is 0 Å². The summed E-state index contributed by atoms with van der Waals surface area (Å²) < 4.78 is 14.7. The summed E-state index contributed by atoms with van der Waals surface area (Å²) >= 11 is 0. The van der Waals surface area contributed by atoms with Crippen LogP contribution >= 0.6 is 0 Å². The maximum atomic E-state index is 2.47. The number of hydrogen-bond donors (Lipinski definition) is 0. The molecule has 110 heavy (non-hydrogen) atoms. The maximum Gasteiger partial charge on any atom is 0.0788 e. The first-order valence-electron chi connectivity index (χ1n) is 37.9. The quantitative estimate of drug-likeness (QED) is 0.145. The third kappa shape index (κ3) is 9.24. The van der Waals surface area contributed by atoms with Crippen LogP contribution in [0.3, 0.4) is 0 Å². The summed E-state index contributed by atoms with van der Waals surface area (Å²) in [5, 5.41) is 20.0. The van der Waals surface area contributed by atoms with Gasteiger partial charge in [-0.05, 0) is 173 Å². The summed E-state index contributed by atoms with van der Waals surface area (Å²) in [6, 6.07) is 146. The lowest BCUT2D eigenvalue weighted by atomic mass is 10.00. The summed E-state index contributed by atoms with van der Waals surface area (Å²) in [6.45, 7) is 0. The summed E-state index contributed by atoms with van der Waals surface area (Å²) in [4.78, 5) is 0. The van der Waals surface area contributed by atoms with Crippen LogP contribution in [-0.2, 0) is 0 Å². The van der Waals surface area contributed by atoms with Gasteiger partial charge in [-0.3, -0.25) is 0 Å². The standard InChI is InChI=1S/2C52H33N3/c1-3-16-37(17-4-1)53-47-23-11-9-21-40(47)42-28-29-43-45-33-36(26-30-49(45)54(52(43)51(42)53)38-18-5-2-6-19-38)35-27-31-50-44(32-35)41-22-10-12-24-48(41)55(50)46-25-13-15-34-14-7-8-20-39(34)46;1-3-16-37(17-4-1)53-47-24-12-10-22-42(47)51-50(53)31-28-41-44-33-36(26-29-48(44)54(52(41)51)38-18-5-2-6-19-38)35-27-30-49-43(32-35)40-21-9-11-23-46(40)55(49)45-25-13-15-34-14-7-8-20-39(34)45/h2*1-33H. The molecule has 0 radical (unpaired) electrons. The second kappa shape index (κ2) is 24.4. The number of nitrogens with zero attached hydrogens (tertiary/aromatic N) is 6. The predicted molar refractivity (Wildman–Crippen MR) is 465 cm³/mol. The molecule has 6 aromatic heterocycles. The lowest BCUT2D eigenvalue weighted by Crippen LogP contribution is -1.98. The fourth-order valence-corrected chi connectivity index (χ4v) is 18.5. The van der Waals surface area contributed by atoms with Crippen molar-refractivity contribution in [3.63, 3.8) is 0 Å². The lowest BCUT2D eigenvalue weighted by molar-refractivity contribution is 1.15. The van der Waals surface area contributed by atoms with Crippen LogP contribution in [-0.4, -0.2) is 27.4 Å². The van der Waals surface area contributed by atoms with Crippen LogP contribution in [0.15, 0.2) is 400 Å². The second-order valence-corrected chi connectivity index (χ2v) is 29.1. The molecule has 0 amide bonds. The minimum absolute atomic E-state index is 1.15. The van der Waals surface area contributed by atoms with Crippen molar-refractivity contribution in [1.82, 2.24) is 27.4 Å². The van der Waals surface area contributed by atoms with Gasteiger partial charge in [-0.1, -0.05) is 261 Å². The molecule has 0 fully saturated rings. The zero-order valence-electron chi connectivity index (χ0n) is 59.8. The third-order valence-corrected chi connectivity index (χ3v) is 23.2. The number of rotatable bonds is 8. The van der Waals surface area contributed by atoms with Crippen molar-refractivity contribution in [1.29, 1.82) is 0 Å². The molecule has 18 aromatic carbocycles. The highest BCUT2D eigenvalue weighted by atomic mass is 15.1. The number of hydrogen-bond acceptors (Lipinski definition) is 0. The second-order valence-electron chi connectivity index (χ2n) is 29.1. The Kier molecular flexibility index (Phi) is 13.7. The van der Waals surface area contributed by atoms with Gasteiger partial charge in [0.25, 0.3) is 0 Å². The van der Waals surface area contributed by atoms with Crippen molar-refractivity contribution in [3.05, 3.63) is 400 Å². The monoisotopic (exact) mass is 1400 g/mol. The van der Waals surface area contributed by atoms with Crippen LogP contribution in [0.5, 0.6) is 0 Å². The van der Waals surface area contributed by atoms with E-state index in [9.17, 15) is 0 Å². The van der Waals surface area contributed by atoms with Crippen molar-refractivity contribution in [2.24, 2.45) is 0 Å². The summed E-state index contributed by atoms with van der Waals surface area (Å²) in [5.41, 5.74) is 26.3. The Morgan fingerprint density at radius 2 is 0.400 bits per heavy atom. The Morgan fingerprint density at radius 3 is 0.827 bits per heavy atom. The van der Waals surface area contributed by atoms with Crippen molar-refractivity contribution < 1.29 is 0 Å². The number of para-hydroxylation sites is 8. The van der Waals surface area contributed by atoms with Gasteiger partial charge < -0.3 is 27.4 Å². The largest absolute Gasteiger partial charge is 0.309 e. The van der Waals surface area contributed by atoms with Gasteiger partial charge in [0.15, 0.2) is 0 Å². The molecule has 0 N–H and O–H groups in total. The molecule has 6 heterocycles. The fraction of sp³-hybridized carbons (Fsp3) is 0. The van der Waals surface area contributed by atoms with Gasteiger partial charge in [0.05, 0.1) is 77.6 Å². The average molecular weight is 1400 g/mol. The van der Waals surface area contributed by atoms with Gasteiger partial charge in [-0.25, -0.2) is 0 Å². The fourth-order valence-electron chi connectivity index (χ4n) is 18.5. The van der Waals surface area contributed by atoms with Gasteiger partial charge >= 0.3 is 0 Å². The normalized spacial score (nSPS) is 12.0. The molecule has 6 heteroatoms. The summed E-state index contributed by atoms with van der Waals surface area (Å²) in [7, 11) is 0. The summed E-state index contributed by atoms with van der Waals surface area (Å²) in [5.74, 6) is 0.